The Balaban J connectivity index is 2.54. The van der Waals surface area contributed by atoms with E-state index in [1.807, 2.05) is 0 Å². The van der Waals surface area contributed by atoms with Crippen LogP contribution in [0.3, 0.4) is 0 Å². The molecule has 2 amide bonds. The molecule has 0 aliphatic carbocycles. The molecule has 0 fully saturated rings. The van der Waals surface area contributed by atoms with Gasteiger partial charge in [-0.15, -0.1) is 0 Å². The maximum Gasteiger partial charge on any atom is 0.435 e. The molecule has 0 saturated heterocycles. The van der Waals surface area contributed by atoms with Gasteiger partial charge in [0.1, 0.15) is 0 Å². The fraction of sp³-hybridized carbons (Fsp3) is 0.429. The van der Waals surface area contributed by atoms with Crippen LogP contribution in [0.2, 0.25) is 0 Å². The number of halogens is 7. The van der Waals surface area contributed by atoms with Gasteiger partial charge in [-0.05, 0) is 31.5 Å². The quantitative estimate of drug-likeness (QED) is 0.593. The summed E-state index contributed by atoms with van der Waals surface area (Å²) in [5.41, 5.74) is -6.84. The lowest BCUT2D eigenvalue weighted by atomic mass is 9.91. The van der Waals surface area contributed by atoms with Crippen molar-refractivity contribution < 1.29 is 35.5 Å². The van der Waals surface area contributed by atoms with Gasteiger partial charge in [-0.1, -0.05) is 6.07 Å². The standard InChI is InChI=1S/C14H12F7N3O/c1-7(2)23-24-6-8-5-9(3-4-10(8)22-11(24)25)12(15,13(16,17)18)14(19,20)21/h3-5H,6H2,1-2H3,(H,22,25). The Bertz CT molecular complexity index is 706. The van der Waals surface area contributed by atoms with Crippen LogP contribution in [-0.2, 0) is 12.2 Å². The van der Waals surface area contributed by atoms with E-state index in [-0.39, 0.29) is 11.3 Å². The predicted molar refractivity (Wildman–Crippen MR) is 74.7 cm³/mol. The molecule has 0 radical (unpaired) electrons. The van der Waals surface area contributed by atoms with Crippen LogP contribution in [0, 0.1) is 0 Å². The van der Waals surface area contributed by atoms with E-state index in [1.54, 1.807) is 13.8 Å². The Morgan fingerprint density at radius 3 is 2.12 bits per heavy atom. The van der Waals surface area contributed by atoms with Crippen LogP contribution in [0.15, 0.2) is 23.3 Å². The summed E-state index contributed by atoms with van der Waals surface area (Å²) in [6.07, 6.45) is -12.4. The van der Waals surface area contributed by atoms with Gasteiger partial charge < -0.3 is 5.32 Å². The van der Waals surface area contributed by atoms with Crippen molar-refractivity contribution in [1.82, 2.24) is 5.01 Å². The van der Waals surface area contributed by atoms with E-state index in [2.05, 4.69) is 10.4 Å². The number of anilines is 1. The summed E-state index contributed by atoms with van der Waals surface area (Å²) < 4.78 is 91.1. The number of carbonyl (C=O) groups is 1. The molecule has 11 heteroatoms. The number of amides is 2. The molecule has 0 bridgehead atoms. The van der Waals surface area contributed by atoms with Crippen molar-refractivity contribution in [2.75, 3.05) is 5.32 Å². The minimum Gasteiger partial charge on any atom is -0.306 e. The molecule has 0 saturated carbocycles. The molecular weight excluding hydrogens is 359 g/mol. The number of nitrogens with zero attached hydrogens (tertiary/aromatic N) is 2. The highest BCUT2D eigenvalue weighted by molar-refractivity contribution is 5.93. The molecule has 0 atom stereocenters. The number of hydrazone groups is 1. The van der Waals surface area contributed by atoms with Crippen molar-refractivity contribution in [3.8, 4) is 0 Å². The summed E-state index contributed by atoms with van der Waals surface area (Å²) in [4.78, 5) is 11.8. The number of fused-ring (bicyclic) bond motifs is 1. The maximum absolute atomic E-state index is 14.1. The van der Waals surface area contributed by atoms with Crippen LogP contribution in [0.1, 0.15) is 25.0 Å². The summed E-state index contributed by atoms with van der Waals surface area (Å²) in [7, 11) is 0. The number of hydrogen-bond donors (Lipinski definition) is 1. The van der Waals surface area contributed by atoms with Crippen LogP contribution in [0.4, 0.5) is 41.2 Å². The van der Waals surface area contributed by atoms with E-state index >= 15 is 0 Å². The Morgan fingerprint density at radius 2 is 1.64 bits per heavy atom. The van der Waals surface area contributed by atoms with E-state index in [0.717, 1.165) is 11.1 Å². The van der Waals surface area contributed by atoms with E-state index < -0.39 is 36.2 Å². The van der Waals surface area contributed by atoms with E-state index in [0.29, 0.717) is 17.8 Å². The lowest BCUT2D eigenvalue weighted by Crippen LogP contribution is -2.50. The Kier molecular flexibility index (Phi) is 4.47. The third-order valence-corrected chi connectivity index (χ3v) is 3.40. The zero-order chi connectivity index (χ0) is 19.2. The van der Waals surface area contributed by atoms with Gasteiger partial charge >= 0.3 is 24.1 Å². The van der Waals surface area contributed by atoms with Crippen molar-refractivity contribution in [2.45, 2.75) is 38.4 Å². The van der Waals surface area contributed by atoms with Gasteiger partial charge in [-0.25, -0.2) is 14.2 Å². The average molecular weight is 371 g/mol. The summed E-state index contributed by atoms with van der Waals surface area (Å²) >= 11 is 0. The summed E-state index contributed by atoms with van der Waals surface area (Å²) in [6.45, 7) is 2.68. The Hall–Kier alpha value is -2.33. The molecule has 138 valence electrons. The summed E-state index contributed by atoms with van der Waals surface area (Å²) in [5, 5.41) is 6.89. The monoisotopic (exact) mass is 371 g/mol. The van der Waals surface area contributed by atoms with E-state index in [1.165, 1.54) is 0 Å². The first-order valence-electron chi connectivity index (χ1n) is 6.83. The minimum atomic E-state index is -6.20. The Labute approximate surface area is 137 Å². The number of rotatable bonds is 2. The van der Waals surface area contributed by atoms with Gasteiger partial charge in [0, 0.05) is 17.0 Å². The first-order chi connectivity index (χ1) is 11.3. The highest BCUT2D eigenvalue weighted by Gasteiger charge is 2.73. The smallest absolute Gasteiger partial charge is 0.306 e. The highest BCUT2D eigenvalue weighted by atomic mass is 19.4. The third-order valence-electron chi connectivity index (χ3n) is 3.40. The van der Waals surface area contributed by atoms with Crippen molar-refractivity contribution in [3.63, 3.8) is 0 Å². The van der Waals surface area contributed by atoms with Crippen LogP contribution in [-0.4, -0.2) is 29.1 Å². The molecule has 1 heterocycles. The topological polar surface area (TPSA) is 44.7 Å². The second kappa shape index (κ2) is 5.88. The predicted octanol–water partition coefficient (Wildman–Crippen LogP) is 4.72. The SMILES string of the molecule is CC(C)=NN1Cc2cc(C(F)(C(F)(F)F)C(F)(F)F)ccc2NC1=O. The van der Waals surface area contributed by atoms with Crippen LogP contribution in [0.25, 0.3) is 0 Å². The number of hydrogen-bond acceptors (Lipinski definition) is 2. The second-order valence-electron chi connectivity index (χ2n) is 5.56. The number of carbonyl (C=O) groups excluding carboxylic acids is 1. The number of alkyl halides is 7. The zero-order valence-electron chi connectivity index (χ0n) is 12.9. The molecular formula is C14H12F7N3O. The van der Waals surface area contributed by atoms with Crippen LogP contribution >= 0.6 is 0 Å². The van der Waals surface area contributed by atoms with Crippen molar-refractivity contribution >= 4 is 17.4 Å². The zero-order valence-corrected chi connectivity index (χ0v) is 12.9. The summed E-state index contributed by atoms with van der Waals surface area (Å²) in [6, 6.07) is 0.876. The third kappa shape index (κ3) is 3.27. The lowest BCUT2D eigenvalue weighted by molar-refractivity contribution is -0.348. The lowest BCUT2D eigenvalue weighted by Gasteiger charge is -2.32. The molecule has 25 heavy (non-hydrogen) atoms. The molecule has 1 aliphatic heterocycles. The molecule has 0 aromatic heterocycles. The first-order valence-corrected chi connectivity index (χ1v) is 6.83. The van der Waals surface area contributed by atoms with E-state index in [4.69, 9.17) is 0 Å². The average Bonchev–Trinajstić information content (AvgIpc) is 2.44. The number of nitrogens with one attached hydrogen (secondary N) is 1. The second-order valence-corrected chi connectivity index (χ2v) is 5.56. The molecule has 1 aromatic carbocycles. The Morgan fingerprint density at radius 1 is 1.08 bits per heavy atom. The van der Waals surface area contributed by atoms with Gasteiger partial charge in [0.15, 0.2) is 0 Å². The van der Waals surface area contributed by atoms with Crippen LogP contribution < -0.4 is 5.32 Å². The normalized spacial score (nSPS) is 15.6. The number of benzene rings is 1. The van der Waals surface area contributed by atoms with Crippen molar-refractivity contribution in [2.24, 2.45) is 5.10 Å². The minimum absolute atomic E-state index is 0.0133. The van der Waals surface area contributed by atoms with Crippen molar-refractivity contribution in [1.29, 1.82) is 0 Å². The molecule has 1 N–H and O–H groups in total. The van der Waals surface area contributed by atoms with Gasteiger partial charge in [0.05, 0.1) is 6.54 Å². The largest absolute Gasteiger partial charge is 0.435 e. The molecule has 0 unspecified atom stereocenters. The number of urea groups is 1. The van der Waals surface area contributed by atoms with Crippen LogP contribution in [0.5, 0.6) is 0 Å². The molecule has 4 nitrogen and oxygen atoms in total. The fourth-order valence-electron chi connectivity index (χ4n) is 2.28. The van der Waals surface area contributed by atoms with Gasteiger partial charge in [-0.2, -0.15) is 31.4 Å². The van der Waals surface area contributed by atoms with Gasteiger partial charge in [-0.3, -0.25) is 0 Å². The summed E-state index contributed by atoms with van der Waals surface area (Å²) in [5.74, 6) is 0. The van der Waals surface area contributed by atoms with E-state index in [9.17, 15) is 35.5 Å². The van der Waals surface area contributed by atoms with Gasteiger partial charge in [0.2, 0.25) is 0 Å². The molecule has 1 aliphatic rings. The fourth-order valence-corrected chi connectivity index (χ4v) is 2.28. The van der Waals surface area contributed by atoms with Gasteiger partial charge in [0.25, 0.3) is 0 Å². The highest BCUT2D eigenvalue weighted by Crippen LogP contribution is 2.53. The van der Waals surface area contributed by atoms with Crippen molar-refractivity contribution in [3.05, 3.63) is 29.3 Å². The molecule has 2 rings (SSSR count). The molecule has 0 spiro atoms. The first kappa shape index (κ1) is 19.0. The maximum atomic E-state index is 14.1. The molecule has 1 aromatic rings.